The van der Waals surface area contributed by atoms with E-state index in [4.69, 9.17) is 9.47 Å². The largest absolute Gasteiger partial charge is 0.458 e. The van der Waals surface area contributed by atoms with Crippen LogP contribution in [0.5, 0.6) is 6.01 Å². The number of pyridine rings is 1. The first-order valence-corrected chi connectivity index (χ1v) is 8.51. The van der Waals surface area contributed by atoms with Crippen LogP contribution >= 0.6 is 0 Å². The van der Waals surface area contributed by atoms with E-state index in [1.54, 1.807) is 43.0 Å². The number of carbonyl (C=O) groups is 1. The first kappa shape index (κ1) is 16.0. The molecule has 2 aliphatic rings. The molecule has 0 radical (unpaired) electrons. The highest BCUT2D eigenvalue weighted by Gasteiger charge is 2.45. The molecule has 2 atom stereocenters. The van der Waals surface area contributed by atoms with E-state index in [9.17, 15) is 4.79 Å². The summed E-state index contributed by atoms with van der Waals surface area (Å²) >= 11 is 0. The zero-order chi connectivity index (χ0) is 17.1. The predicted molar refractivity (Wildman–Crippen MR) is 89.1 cm³/mol. The number of rotatable bonds is 3. The molecule has 1 amide bonds. The summed E-state index contributed by atoms with van der Waals surface area (Å²) < 4.78 is 11.9. The van der Waals surface area contributed by atoms with Crippen LogP contribution in [0.25, 0.3) is 0 Å². The summed E-state index contributed by atoms with van der Waals surface area (Å²) in [4.78, 5) is 26.7. The van der Waals surface area contributed by atoms with Crippen molar-refractivity contribution in [2.45, 2.75) is 31.0 Å². The molecule has 0 saturated carbocycles. The molecule has 0 aromatic carbocycles. The fourth-order valence-electron chi connectivity index (χ4n) is 3.61. The smallest absolute Gasteiger partial charge is 0.316 e. The Morgan fingerprint density at radius 3 is 2.84 bits per heavy atom. The van der Waals surface area contributed by atoms with Crippen molar-refractivity contribution in [3.63, 3.8) is 0 Å². The molecule has 0 unspecified atom stereocenters. The number of likely N-dealkylation sites (tertiary alicyclic amines) is 1. The van der Waals surface area contributed by atoms with Gasteiger partial charge in [0.1, 0.15) is 6.10 Å². The minimum atomic E-state index is -0.333. The van der Waals surface area contributed by atoms with Gasteiger partial charge in [-0.05, 0) is 31.0 Å². The maximum Gasteiger partial charge on any atom is 0.316 e. The van der Waals surface area contributed by atoms with Gasteiger partial charge in [-0.2, -0.15) is 0 Å². The van der Waals surface area contributed by atoms with Gasteiger partial charge in [-0.15, -0.1) is 0 Å². The van der Waals surface area contributed by atoms with Crippen LogP contribution in [0.1, 0.15) is 29.6 Å². The summed E-state index contributed by atoms with van der Waals surface area (Å²) in [6.45, 7) is 1.83. The Bertz CT molecular complexity index is 728. The van der Waals surface area contributed by atoms with E-state index in [1.165, 1.54) is 0 Å². The second kappa shape index (κ2) is 6.76. The van der Waals surface area contributed by atoms with Crippen LogP contribution in [0.2, 0.25) is 0 Å². The Kier molecular flexibility index (Phi) is 4.31. The SMILES string of the molecule is O=C(c1ccncc1)N1CCC[C@]2(C[C@H](Oc3ncccn3)CO2)C1. The van der Waals surface area contributed by atoms with Crippen LogP contribution < -0.4 is 4.74 Å². The third-order valence-corrected chi connectivity index (χ3v) is 4.74. The van der Waals surface area contributed by atoms with Gasteiger partial charge >= 0.3 is 6.01 Å². The summed E-state index contributed by atoms with van der Waals surface area (Å²) in [5.74, 6) is 0.0286. The molecule has 7 nitrogen and oxygen atoms in total. The second-order valence-electron chi connectivity index (χ2n) is 6.54. The van der Waals surface area contributed by atoms with Gasteiger partial charge in [-0.3, -0.25) is 9.78 Å². The predicted octanol–water partition coefficient (Wildman–Crippen LogP) is 1.71. The van der Waals surface area contributed by atoms with Gasteiger partial charge in [0, 0.05) is 43.3 Å². The van der Waals surface area contributed by atoms with Gasteiger partial charge in [0.15, 0.2) is 0 Å². The van der Waals surface area contributed by atoms with E-state index < -0.39 is 0 Å². The third kappa shape index (κ3) is 3.46. The van der Waals surface area contributed by atoms with Gasteiger partial charge in [0.05, 0.1) is 18.8 Å². The van der Waals surface area contributed by atoms with Crippen molar-refractivity contribution >= 4 is 5.91 Å². The van der Waals surface area contributed by atoms with E-state index in [0.717, 1.165) is 25.8 Å². The molecule has 2 aliphatic heterocycles. The van der Waals surface area contributed by atoms with Crippen LogP contribution in [0, 0.1) is 0 Å². The molecule has 0 N–H and O–H groups in total. The molecule has 4 heterocycles. The molecule has 7 heteroatoms. The van der Waals surface area contributed by atoms with E-state index in [-0.39, 0.29) is 17.6 Å². The third-order valence-electron chi connectivity index (χ3n) is 4.74. The molecule has 2 fully saturated rings. The van der Waals surface area contributed by atoms with Gasteiger partial charge in [-0.1, -0.05) is 0 Å². The lowest BCUT2D eigenvalue weighted by Crippen LogP contribution is -2.50. The Morgan fingerprint density at radius 1 is 1.24 bits per heavy atom. The van der Waals surface area contributed by atoms with E-state index in [0.29, 0.717) is 24.7 Å². The standard InChI is InChI=1S/C18H20N4O3/c23-16(14-3-8-19-9-4-14)22-10-1-5-18(13-22)11-15(12-24-18)25-17-20-6-2-7-21-17/h2-4,6-9,15H,1,5,10-13H2/t15-,18-/m0/s1. The summed E-state index contributed by atoms with van der Waals surface area (Å²) in [6, 6.07) is 5.62. The number of hydrogen-bond donors (Lipinski definition) is 0. The monoisotopic (exact) mass is 340 g/mol. The molecular formula is C18H20N4O3. The van der Waals surface area contributed by atoms with Crippen LogP contribution in [-0.2, 0) is 4.74 Å². The molecule has 0 bridgehead atoms. The summed E-state index contributed by atoms with van der Waals surface area (Å²) in [5.41, 5.74) is 0.330. The molecule has 25 heavy (non-hydrogen) atoms. The van der Waals surface area contributed by atoms with E-state index in [1.807, 2.05) is 4.90 Å². The minimum absolute atomic E-state index is 0.0286. The zero-order valence-corrected chi connectivity index (χ0v) is 13.9. The lowest BCUT2D eigenvalue weighted by atomic mass is 9.89. The number of amides is 1. The fraction of sp³-hybridized carbons (Fsp3) is 0.444. The van der Waals surface area contributed by atoms with Crippen molar-refractivity contribution in [2.24, 2.45) is 0 Å². The van der Waals surface area contributed by atoms with Gasteiger partial charge in [-0.25, -0.2) is 9.97 Å². The molecule has 2 saturated heterocycles. The maximum atomic E-state index is 12.7. The van der Waals surface area contributed by atoms with Crippen LogP contribution in [0.4, 0.5) is 0 Å². The highest BCUT2D eigenvalue weighted by molar-refractivity contribution is 5.94. The molecule has 130 valence electrons. The Balaban J connectivity index is 1.42. The topological polar surface area (TPSA) is 77.4 Å². The number of piperidine rings is 1. The highest BCUT2D eigenvalue weighted by atomic mass is 16.6. The lowest BCUT2D eigenvalue weighted by molar-refractivity contribution is -0.0453. The van der Waals surface area contributed by atoms with Crippen molar-refractivity contribution in [3.05, 3.63) is 48.5 Å². The maximum absolute atomic E-state index is 12.7. The van der Waals surface area contributed by atoms with Crippen LogP contribution in [0.15, 0.2) is 43.0 Å². The lowest BCUT2D eigenvalue weighted by Gasteiger charge is -2.39. The van der Waals surface area contributed by atoms with Gasteiger partial charge in [0.25, 0.3) is 5.91 Å². The molecular weight excluding hydrogens is 320 g/mol. The average Bonchev–Trinajstić information content (AvgIpc) is 3.04. The van der Waals surface area contributed by atoms with Crippen molar-refractivity contribution in [2.75, 3.05) is 19.7 Å². The average molecular weight is 340 g/mol. The molecule has 2 aromatic rings. The Morgan fingerprint density at radius 2 is 2.04 bits per heavy atom. The van der Waals surface area contributed by atoms with Crippen molar-refractivity contribution in [3.8, 4) is 6.01 Å². The zero-order valence-electron chi connectivity index (χ0n) is 13.9. The summed E-state index contributed by atoms with van der Waals surface area (Å²) in [7, 11) is 0. The number of carbonyl (C=O) groups excluding carboxylic acids is 1. The molecule has 0 aliphatic carbocycles. The number of ether oxygens (including phenoxy) is 2. The number of hydrogen-bond acceptors (Lipinski definition) is 6. The van der Waals surface area contributed by atoms with Crippen molar-refractivity contribution < 1.29 is 14.3 Å². The Hall–Kier alpha value is -2.54. The highest BCUT2D eigenvalue weighted by Crippen LogP contribution is 2.36. The van der Waals surface area contributed by atoms with Crippen LogP contribution in [-0.4, -0.2) is 57.2 Å². The minimum Gasteiger partial charge on any atom is -0.458 e. The number of aromatic nitrogens is 3. The molecule has 1 spiro atoms. The van der Waals surface area contributed by atoms with Crippen LogP contribution in [0.3, 0.4) is 0 Å². The first-order chi connectivity index (χ1) is 12.2. The first-order valence-electron chi connectivity index (χ1n) is 8.51. The van der Waals surface area contributed by atoms with Gasteiger partial charge < -0.3 is 14.4 Å². The second-order valence-corrected chi connectivity index (χ2v) is 6.54. The summed E-state index contributed by atoms with van der Waals surface area (Å²) in [6.07, 6.45) is 9.11. The fourth-order valence-corrected chi connectivity index (χ4v) is 3.61. The normalized spacial score (nSPS) is 25.9. The van der Waals surface area contributed by atoms with Crippen molar-refractivity contribution in [1.82, 2.24) is 19.9 Å². The molecule has 4 rings (SSSR count). The number of nitrogens with zero attached hydrogens (tertiary/aromatic N) is 4. The quantitative estimate of drug-likeness (QED) is 0.847. The van der Waals surface area contributed by atoms with Crippen molar-refractivity contribution in [1.29, 1.82) is 0 Å². The molecule has 2 aromatic heterocycles. The van der Waals surface area contributed by atoms with Gasteiger partial charge in [0.2, 0.25) is 0 Å². The van der Waals surface area contributed by atoms with E-state index >= 15 is 0 Å². The Labute approximate surface area is 146 Å². The summed E-state index contributed by atoms with van der Waals surface area (Å²) in [5, 5.41) is 0. The van der Waals surface area contributed by atoms with E-state index in [2.05, 4.69) is 15.0 Å².